The van der Waals surface area contributed by atoms with E-state index in [1.54, 1.807) is 27.7 Å². The monoisotopic (exact) mass is 439 g/mol. The van der Waals surface area contributed by atoms with E-state index in [1.807, 2.05) is 0 Å². The molecule has 28 heavy (non-hydrogen) atoms. The molecule has 0 saturated heterocycles. The molecule has 12 heteroatoms. The van der Waals surface area contributed by atoms with E-state index in [4.69, 9.17) is 22.6 Å². The fourth-order valence-electron chi connectivity index (χ4n) is 2.35. The lowest BCUT2D eigenvalue weighted by atomic mass is 10.1. The van der Waals surface area contributed by atoms with Crippen LogP contribution in [0, 0.1) is 10.1 Å². The smallest absolute Gasteiger partial charge is 0.309 e. The maximum atomic E-state index is 13.0. The topological polar surface area (TPSA) is 123 Å². The number of benzene rings is 1. The minimum Gasteiger partial charge on any atom is -0.309 e. The van der Waals surface area contributed by atoms with Gasteiger partial charge in [-0.25, -0.2) is 4.57 Å². The number of non-ortho nitro benzene ring substituents is 1. The Labute approximate surface area is 164 Å². The lowest BCUT2D eigenvalue weighted by molar-refractivity contribution is -0.385. The van der Waals surface area contributed by atoms with Gasteiger partial charge in [-0.05, 0) is 33.3 Å². The third-order valence-corrected chi connectivity index (χ3v) is 7.07. The highest BCUT2D eigenvalue weighted by Crippen LogP contribution is 2.58. The molecule has 1 atom stereocenters. The highest BCUT2D eigenvalue weighted by molar-refractivity contribution is 7.54. The van der Waals surface area contributed by atoms with E-state index in [9.17, 15) is 19.2 Å². The van der Waals surface area contributed by atoms with E-state index in [0.717, 1.165) is 0 Å². The average Bonchev–Trinajstić information content (AvgIpc) is 2.62. The van der Waals surface area contributed by atoms with Crippen LogP contribution in [0.2, 0.25) is 0 Å². The van der Waals surface area contributed by atoms with Gasteiger partial charge in [-0.3, -0.25) is 28.3 Å². The van der Waals surface area contributed by atoms with Crippen molar-refractivity contribution in [3.8, 4) is 0 Å². The first-order valence-corrected chi connectivity index (χ1v) is 12.1. The van der Waals surface area contributed by atoms with Crippen molar-refractivity contribution >= 4 is 21.1 Å². The third kappa shape index (κ3) is 7.72. The zero-order valence-electron chi connectivity index (χ0n) is 16.4. The average molecular weight is 439 g/mol. The molecule has 1 aromatic rings. The van der Waals surface area contributed by atoms with E-state index in [1.165, 1.54) is 24.3 Å². The van der Waals surface area contributed by atoms with E-state index in [0.29, 0.717) is 0 Å². The molecule has 1 rings (SSSR count). The molecule has 0 aliphatic rings. The maximum Gasteiger partial charge on any atom is 0.475 e. The Hall–Kier alpha value is -1.12. The lowest BCUT2D eigenvalue weighted by Gasteiger charge is -2.26. The second kappa shape index (κ2) is 11.8. The molecular formula is C16H27NO9P2. The van der Waals surface area contributed by atoms with Crippen LogP contribution in [0.5, 0.6) is 0 Å². The molecule has 1 aromatic carbocycles. The lowest BCUT2D eigenvalue weighted by Crippen LogP contribution is -2.14. The third-order valence-electron chi connectivity index (χ3n) is 3.32. The summed E-state index contributed by atoms with van der Waals surface area (Å²) in [5, 5.41) is 11.1. The van der Waals surface area contributed by atoms with E-state index in [2.05, 4.69) is 0 Å². The molecular weight excluding hydrogens is 412 g/mol. The van der Waals surface area contributed by atoms with Gasteiger partial charge < -0.3 is 9.05 Å². The molecule has 0 N–H and O–H groups in total. The summed E-state index contributed by atoms with van der Waals surface area (Å²) in [7, 11) is -7.64. The zero-order valence-corrected chi connectivity index (χ0v) is 18.2. The fraction of sp³-hybridized carbons (Fsp3) is 0.625. The number of phosphoric ester groups is 1. The second-order valence-corrected chi connectivity index (χ2v) is 9.08. The van der Waals surface area contributed by atoms with Gasteiger partial charge in [0.1, 0.15) is 6.10 Å². The van der Waals surface area contributed by atoms with Crippen LogP contribution in [-0.4, -0.2) is 37.5 Å². The molecule has 160 valence electrons. The summed E-state index contributed by atoms with van der Waals surface area (Å²) in [6.45, 7) is 6.87. The van der Waals surface area contributed by atoms with E-state index in [-0.39, 0.29) is 43.8 Å². The Bertz CT molecular complexity index is 676. The van der Waals surface area contributed by atoms with Gasteiger partial charge in [-0.1, -0.05) is 12.1 Å². The Morgan fingerprint density at radius 2 is 1.50 bits per heavy atom. The van der Waals surface area contributed by atoms with Crippen molar-refractivity contribution in [2.45, 2.75) is 33.8 Å². The molecule has 0 bridgehead atoms. The summed E-state index contributed by atoms with van der Waals surface area (Å²) in [6.07, 6.45) is -1.47. The van der Waals surface area contributed by atoms with Gasteiger partial charge >= 0.3 is 15.4 Å². The van der Waals surface area contributed by atoms with Crippen LogP contribution in [0.1, 0.15) is 39.4 Å². The Morgan fingerprint density at radius 1 is 0.964 bits per heavy atom. The molecule has 0 amide bonds. The molecule has 0 saturated carbocycles. The van der Waals surface area contributed by atoms with Crippen molar-refractivity contribution in [1.29, 1.82) is 0 Å². The van der Waals surface area contributed by atoms with Gasteiger partial charge in [-0.2, -0.15) is 0 Å². The van der Waals surface area contributed by atoms with Crippen molar-refractivity contribution < 1.29 is 36.7 Å². The molecule has 0 radical (unpaired) electrons. The standard InChI is InChI=1S/C16H27NO9P2/c1-5-22-27(20,23-6-2)13-16(26-28(21,24-7-3)25-8-4)14-10-9-11-15(12-14)17(18)19/h9-12,16H,5-8,13H2,1-4H3. The maximum absolute atomic E-state index is 13.0. The quantitative estimate of drug-likeness (QED) is 0.221. The van der Waals surface area contributed by atoms with E-state index >= 15 is 0 Å². The molecule has 0 spiro atoms. The molecule has 10 nitrogen and oxygen atoms in total. The van der Waals surface area contributed by atoms with Gasteiger partial charge in [0, 0.05) is 12.1 Å². The highest BCUT2D eigenvalue weighted by atomic mass is 31.2. The first kappa shape index (κ1) is 24.9. The minimum atomic E-state index is -4.01. The number of rotatable bonds is 14. The van der Waals surface area contributed by atoms with Crippen LogP contribution in [-0.2, 0) is 31.7 Å². The first-order chi connectivity index (χ1) is 13.2. The van der Waals surface area contributed by atoms with Crippen LogP contribution in [0.25, 0.3) is 0 Å². The van der Waals surface area contributed by atoms with Crippen LogP contribution in [0.3, 0.4) is 0 Å². The number of phosphoric acid groups is 1. The van der Waals surface area contributed by atoms with Gasteiger partial charge in [-0.15, -0.1) is 0 Å². The summed E-state index contributed by atoms with van der Waals surface area (Å²) in [5.41, 5.74) is 0.0740. The second-order valence-electron chi connectivity index (χ2n) is 5.36. The van der Waals surface area contributed by atoms with Crippen molar-refractivity contribution in [2.75, 3.05) is 32.6 Å². The zero-order chi connectivity index (χ0) is 21.2. The number of hydrogen-bond acceptors (Lipinski definition) is 9. The van der Waals surface area contributed by atoms with Gasteiger partial charge in [0.15, 0.2) is 0 Å². The van der Waals surface area contributed by atoms with Crippen LogP contribution >= 0.6 is 15.4 Å². The van der Waals surface area contributed by atoms with Gasteiger partial charge in [0.25, 0.3) is 5.69 Å². The van der Waals surface area contributed by atoms with Crippen LogP contribution < -0.4 is 0 Å². The molecule has 0 aliphatic heterocycles. The Kier molecular flexibility index (Phi) is 10.5. The molecule has 0 aromatic heterocycles. The summed E-state index contributed by atoms with van der Waals surface area (Å²) in [5.74, 6) is 0. The van der Waals surface area contributed by atoms with Crippen molar-refractivity contribution in [2.24, 2.45) is 0 Å². The van der Waals surface area contributed by atoms with Crippen molar-refractivity contribution in [3.05, 3.63) is 39.9 Å². The summed E-state index contributed by atoms with van der Waals surface area (Å²) in [6, 6.07) is 5.52. The first-order valence-electron chi connectivity index (χ1n) is 8.92. The normalized spacial score (nSPS) is 13.4. The number of nitro benzene ring substituents is 1. The summed E-state index contributed by atoms with van der Waals surface area (Å²) >= 11 is 0. The van der Waals surface area contributed by atoms with Gasteiger partial charge in [0.05, 0.1) is 37.5 Å². The minimum absolute atomic E-state index is 0.0491. The SMILES string of the molecule is CCOP(=O)(CC(OP(=O)(OCC)OCC)c1cccc([N+](=O)[O-])c1)OCC. The Balaban J connectivity index is 3.33. The molecule has 1 unspecified atom stereocenters. The predicted octanol–water partition coefficient (Wildman–Crippen LogP) is 5.10. The summed E-state index contributed by atoms with van der Waals surface area (Å²) in [4.78, 5) is 10.5. The molecule has 0 heterocycles. The van der Waals surface area contributed by atoms with Gasteiger partial charge in [0.2, 0.25) is 0 Å². The van der Waals surface area contributed by atoms with E-state index < -0.39 is 26.4 Å². The fourth-order valence-corrected chi connectivity index (χ4v) is 5.57. The Morgan fingerprint density at radius 3 is 1.96 bits per heavy atom. The van der Waals surface area contributed by atoms with Crippen LogP contribution in [0.15, 0.2) is 24.3 Å². The predicted molar refractivity (Wildman–Crippen MR) is 104 cm³/mol. The number of nitrogens with zero attached hydrogens (tertiary/aromatic N) is 1. The van der Waals surface area contributed by atoms with Crippen molar-refractivity contribution in [3.63, 3.8) is 0 Å². The largest absolute Gasteiger partial charge is 0.475 e. The molecule has 0 aliphatic carbocycles. The molecule has 0 fully saturated rings. The highest BCUT2D eigenvalue weighted by Gasteiger charge is 2.37. The number of hydrogen-bond donors (Lipinski definition) is 0. The van der Waals surface area contributed by atoms with Crippen LogP contribution in [0.4, 0.5) is 5.69 Å². The van der Waals surface area contributed by atoms with Crippen molar-refractivity contribution in [1.82, 2.24) is 0 Å². The summed E-state index contributed by atoms with van der Waals surface area (Å²) < 4.78 is 52.3. The number of nitro groups is 1.